The number of anilines is 1. The van der Waals surface area contributed by atoms with Crippen LogP contribution >= 0.6 is 0 Å². The summed E-state index contributed by atoms with van der Waals surface area (Å²) in [5.41, 5.74) is 4.22. The molecule has 0 spiro atoms. The first-order chi connectivity index (χ1) is 11.9. The van der Waals surface area contributed by atoms with Crippen molar-refractivity contribution in [2.75, 3.05) is 5.32 Å². The van der Waals surface area contributed by atoms with Gasteiger partial charge in [0.05, 0.1) is 0 Å². The van der Waals surface area contributed by atoms with Gasteiger partial charge in [0, 0.05) is 12.2 Å². The average molecular weight is 336 g/mol. The van der Waals surface area contributed by atoms with E-state index in [2.05, 4.69) is 10.6 Å². The third-order valence-corrected chi connectivity index (χ3v) is 5.17. The molecule has 1 aliphatic rings. The van der Waals surface area contributed by atoms with Gasteiger partial charge in [0.15, 0.2) is 0 Å². The van der Waals surface area contributed by atoms with Crippen molar-refractivity contribution in [3.05, 3.63) is 64.7 Å². The summed E-state index contributed by atoms with van der Waals surface area (Å²) in [5.74, 6) is -0.387. The first-order valence-electron chi connectivity index (χ1n) is 8.64. The molecule has 0 bridgehead atoms. The van der Waals surface area contributed by atoms with Gasteiger partial charge in [-0.3, -0.25) is 9.59 Å². The molecule has 0 radical (unpaired) electrons. The number of hydrogen-bond acceptors (Lipinski definition) is 2. The van der Waals surface area contributed by atoms with Crippen LogP contribution in [-0.2, 0) is 16.1 Å². The van der Waals surface area contributed by atoms with E-state index in [0.717, 1.165) is 27.9 Å². The van der Waals surface area contributed by atoms with E-state index in [1.165, 1.54) is 0 Å². The molecule has 1 fully saturated rings. The Hall–Kier alpha value is -2.62. The van der Waals surface area contributed by atoms with E-state index in [-0.39, 0.29) is 11.8 Å². The molecule has 2 aromatic carbocycles. The second kappa shape index (κ2) is 6.71. The SMILES string of the molecule is Cc1ccccc1CNC(=O)C1(C(=O)Nc2cccc(C)c2C)CC1. The van der Waals surface area contributed by atoms with Gasteiger partial charge in [0.1, 0.15) is 5.41 Å². The number of aryl methyl sites for hydroxylation is 2. The van der Waals surface area contributed by atoms with E-state index in [9.17, 15) is 9.59 Å². The second-order valence-corrected chi connectivity index (χ2v) is 6.89. The van der Waals surface area contributed by atoms with Gasteiger partial charge in [-0.1, -0.05) is 36.4 Å². The lowest BCUT2D eigenvalue weighted by Gasteiger charge is -2.17. The van der Waals surface area contributed by atoms with Crippen LogP contribution in [-0.4, -0.2) is 11.8 Å². The lowest BCUT2D eigenvalue weighted by Crippen LogP contribution is -2.39. The summed E-state index contributed by atoms with van der Waals surface area (Å²) < 4.78 is 0. The first-order valence-corrected chi connectivity index (χ1v) is 8.64. The van der Waals surface area contributed by atoms with E-state index in [0.29, 0.717) is 19.4 Å². The van der Waals surface area contributed by atoms with Crippen LogP contribution < -0.4 is 10.6 Å². The zero-order valence-corrected chi connectivity index (χ0v) is 15.0. The molecule has 0 atom stereocenters. The minimum absolute atomic E-state index is 0.182. The van der Waals surface area contributed by atoms with E-state index in [1.54, 1.807) is 0 Å². The third kappa shape index (κ3) is 3.43. The molecule has 1 aliphatic carbocycles. The van der Waals surface area contributed by atoms with Crippen LogP contribution in [0.2, 0.25) is 0 Å². The maximum absolute atomic E-state index is 12.7. The molecule has 3 rings (SSSR count). The molecule has 4 nitrogen and oxygen atoms in total. The molecule has 4 heteroatoms. The first kappa shape index (κ1) is 17.2. The van der Waals surface area contributed by atoms with Gasteiger partial charge >= 0.3 is 0 Å². The van der Waals surface area contributed by atoms with E-state index >= 15 is 0 Å². The molecule has 1 saturated carbocycles. The lowest BCUT2D eigenvalue weighted by atomic mass is 10.0. The number of amides is 2. The second-order valence-electron chi connectivity index (χ2n) is 6.89. The Balaban J connectivity index is 1.67. The molecule has 0 unspecified atom stereocenters. The summed E-state index contributed by atoms with van der Waals surface area (Å²) in [7, 11) is 0. The molecule has 2 aromatic rings. The Kier molecular flexibility index (Phi) is 4.62. The summed E-state index contributed by atoms with van der Waals surface area (Å²) in [6, 6.07) is 13.7. The molecule has 0 saturated heterocycles. The molecule has 0 aliphatic heterocycles. The Bertz CT molecular complexity index is 822. The third-order valence-electron chi connectivity index (χ3n) is 5.17. The number of rotatable bonds is 5. The van der Waals surface area contributed by atoms with Crippen LogP contribution in [0, 0.1) is 26.2 Å². The minimum atomic E-state index is -0.918. The molecule has 2 N–H and O–H groups in total. The monoisotopic (exact) mass is 336 g/mol. The van der Waals surface area contributed by atoms with Gasteiger partial charge in [-0.25, -0.2) is 0 Å². The smallest absolute Gasteiger partial charge is 0.240 e. The Morgan fingerprint density at radius 1 is 0.920 bits per heavy atom. The molecule has 25 heavy (non-hydrogen) atoms. The van der Waals surface area contributed by atoms with Crippen LogP contribution in [0.1, 0.15) is 35.1 Å². The van der Waals surface area contributed by atoms with E-state index in [4.69, 9.17) is 0 Å². The highest BCUT2D eigenvalue weighted by molar-refractivity contribution is 6.13. The fourth-order valence-electron chi connectivity index (χ4n) is 2.96. The summed E-state index contributed by atoms with van der Waals surface area (Å²) >= 11 is 0. The quantitative estimate of drug-likeness (QED) is 0.819. The van der Waals surface area contributed by atoms with Gasteiger partial charge in [-0.15, -0.1) is 0 Å². The summed E-state index contributed by atoms with van der Waals surface area (Å²) in [6.45, 7) is 6.45. The number of hydrogen-bond donors (Lipinski definition) is 2. The summed E-state index contributed by atoms with van der Waals surface area (Å²) in [5, 5.41) is 5.88. The fraction of sp³-hybridized carbons (Fsp3) is 0.333. The van der Waals surface area contributed by atoms with Crippen LogP contribution in [0.25, 0.3) is 0 Å². The maximum Gasteiger partial charge on any atom is 0.240 e. The number of carbonyl (C=O) groups excluding carboxylic acids is 2. The van der Waals surface area contributed by atoms with Crippen LogP contribution in [0.5, 0.6) is 0 Å². The molecule has 130 valence electrons. The molecular weight excluding hydrogens is 312 g/mol. The average Bonchev–Trinajstić information content (AvgIpc) is 3.40. The topological polar surface area (TPSA) is 58.2 Å². The Morgan fingerprint density at radius 2 is 1.60 bits per heavy atom. The highest BCUT2D eigenvalue weighted by Gasteiger charge is 2.56. The number of carbonyl (C=O) groups is 2. The molecular formula is C21H24N2O2. The fourth-order valence-corrected chi connectivity index (χ4v) is 2.96. The number of nitrogens with one attached hydrogen (secondary N) is 2. The standard InChI is InChI=1S/C21H24N2O2/c1-14-8-6-10-18(16(14)3)23-20(25)21(11-12-21)19(24)22-13-17-9-5-4-7-15(17)2/h4-10H,11-13H2,1-3H3,(H,22,24)(H,23,25). The normalized spacial score (nSPS) is 14.7. The highest BCUT2D eigenvalue weighted by atomic mass is 16.2. The molecule has 2 amide bonds. The van der Waals surface area contributed by atoms with Crippen LogP contribution in [0.15, 0.2) is 42.5 Å². The van der Waals surface area contributed by atoms with Crippen molar-refractivity contribution in [3.8, 4) is 0 Å². The predicted octanol–water partition coefficient (Wildman–Crippen LogP) is 3.65. The van der Waals surface area contributed by atoms with Gasteiger partial charge in [-0.05, 0) is 61.9 Å². The predicted molar refractivity (Wildman–Crippen MR) is 99.2 cm³/mol. The van der Waals surface area contributed by atoms with Gasteiger partial charge in [0.25, 0.3) is 0 Å². The van der Waals surface area contributed by atoms with Crippen molar-refractivity contribution in [1.82, 2.24) is 5.32 Å². The maximum atomic E-state index is 12.7. The van der Waals surface area contributed by atoms with Crippen LogP contribution in [0.3, 0.4) is 0 Å². The molecule has 0 heterocycles. The zero-order chi connectivity index (χ0) is 18.0. The Labute approximate surface area is 148 Å². The van der Waals surface area contributed by atoms with Crippen molar-refractivity contribution in [3.63, 3.8) is 0 Å². The van der Waals surface area contributed by atoms with E-state index < -0.39 is 5.41 Å². The van der Waals surface area contributed by atoms with E-state index in [1.807, 2.05) is 63.2 Å². The summed E-state index contributed by atoms with van der Waals surface area (Å²) in [6.07, 6.45) is 1.20. The van der Waals surface area contributed by atoms with Crippen molar-refractivity contribution >= 4 is 17.5 Å². The minimum Gasteiger partial charge on any atom is -0.351 e. The van der Waals surface area contributed by atoms with Crippen molar-refractivity contribution in [2.24, 2.45) is 5.41 Å². The van der Waals surface area contributed by atoms with Crippen molar-refractivity contribution in [2.45, 2.75) is 40.2 Å². The Morgan fingerprint density at radius 3 is 2.28 bits per heavy atom. The van der Waals surface area contributed by atoms with Gasteiger partial charge in [-0.2, -0.15) is 0 Å². The highest BCUT2D eigenvalue weighted by Crippen LogP contribution is 2.47. The largest absolute Gasteiger partial charge is 0.351 e. The van der Waals surface area contributed by atoms with Crippen molar-refractivity contribution in [1.29, 1.82) is 0 Å². The molecule has 0 aromatic heterocycles. The van der Waals surface area contributed by atoms with Gasteiger partial charge in [0.2, 0.25) is 11.8 Å². The number of benzene rings is 2. The van der Waals surface area contributed by atoms with Crippen molar-refractivity contribution < 1.29 is 9.59 Å². The zero-order valence-electron chi connectivity index (χ0n) is 15.0. The summed E-state index contributed by atoms with van der Waals surface area (Å²) in [4.78, 5) is 25.3. The van der Waals surface area contributed by atoms with Crippen LogP contribution in [0.4, 0.5) is 5.69 Å². The lowest BCUT2D eigenvalue weighted by molar-refractivity contribution is -0.134. The van der Waals surface area contributed by atoms with Gasteiger partial charge < -0.3 is 10.6 Å².